The third-order valence-electron chi connectivity index (χ3n) is 8.32. The number of carbonyl (C=O) groups excluding carboxylic acids is 2. The lowest BCUT2D eigenvalue weighted by molar-refractivity contribution is -0.130. The van der Waals surface area contributed by atoms with Crippen LogP contribution in [0.1, 0.15) is 34.2 Å². The minimum absolute atomic E-state index is 0.0112. The SMILES string of the molecule is COc1ccc(CCC(=O)N(C)Cc2ccccc2)c(Nc2nc3ccc(CNC(=O)Cc4ccc(N(C)C)cc4)c(C)c3c(=O)o2)c1. The molecule has 5 rings (SSSR count). The van der Waals surface area contributed by atoms with Gasteiger partial charge in [0.1, 0.15) is 5.75 Å². The summed E-state index contributed by atoms with van der Waals surface area (Å²) < 4.78 is 11.1. The van der Waals surface area contributed by atoms with E-state index in [2.05, 4.69) is 15.6 Å². The van der Waals surface area contributed by atoms with Gasteiger partial charge in [-0.1, -0.05) is 54.6 Å². The summed E-state index contributed by atoms with van der Waals surface area (Å²) >= 11 is 0. The molecule has 2 amide bonds. The molecule has 0 aliphatic heterocycles. The van der Waals surface area contributed by atoms with E-state index in [0.717, 1.165) is 27.9 Å². The number of aromatic nitrogens is 1. The number of amides is 2. The summed E-state index contributed by atoms with van der Waals surface area (Å²) in [7, 11) is 7.30. The number of nitrogens with one attached hydrogen (secondary N) is 2. The summed E-state index contributed by atoms with van der Waals surface area (Å²) in [5, 5.41) is 6.44. The normalized spacial score (nSPS) is 10.9. The lowest BCUT2D eigenvalue weighted by Gasteiger charge is -2.18. The molecule has 0 saturated heterocycles. The Balaban J connectivity index is 1.27. The van der Waals surface area contributed by atoms with Gasteiger partial charge in [0.2, 0.25) is 11.8 Å². The van der Waals surface area contributed by atoms with Gasteiger partial charge in [-0.2, -0.15) is 4.98 Å². The second-order valence-electron chi connectivity index (χ2n) is 11.9. The molecule has 248 valence electrons. The van der Waals surface area contributed by atoms with E-state index < -0.39 is 5.63 Å². The van der Waals surface area contributed by atoms with Gasteiger partial charge in [0.15, 0.2) is 0 Å². The highest BCUT2D eigenvalue weighted by Gasteiger charge is 2.16. The third-order valence-corrected chi connectivity index (χ3v) is 8.32. The van der Waals surface area contributed by atoms with Crippen molar-refractivity contribution in [1.82, 2.24) is 15.2 Å². The molecule has 10 heteroatoms. The maximum Gasteiger partial charge on any atom is 0.348 e. The quantitative estimate of drug-likeness (QED) is 0.166. The molecule has 0 aliphatic rings. The van der Waals surface area contributed by atoms with Crippen molar-refractivity contribution in [2.45, 2.75) is 39.3 Å². The van der Waals surface area contributed by atoms with E-state index in [1.807, 2.05) is 98.7 Å². The fourth-order valence-corrected chi connectivity index (χ4v) is 5.47. The Morgan fingerprint density at radius 2 is 1.62 bits per heavy atom. The van der Waals surface area contributed by atoms with Crippen LogP contribution in [0.5, 0.6) is 5.75 Å². The topological polar surface area (TPSA) is 117 Å². The maximum absolute atomic E-state index is 13.3. The van der Waals surface area contributed by atoms with E-state index in [1.54, 1.807) is 31.2 Å². The number of fused-ring (bicyclic) bond motifs is 1. The Kier molecular flexibility index (Phi) is 10.7. The average molecular weight is 648 g/mol. The highest BCUT2D eigenvalue weighted by molar-refractivity contribution is 5.84. The number of rotatable bonds is 13. The average Bonchev–Trinajstić information content (AvgIpc) is 3.07. The van der Waals surface area contributed by atoms with Gasteiger partial charge in [-0.25, -0.2) is 4.79 Å². The summed E-state index contributed by atoms with van der Waals surface area (Å²) in [6, 6.07) is 26.8. The van der Waals surface area contributed by atoms with Crippen molar-refractivity contribution < 1.29 is 18.7 Å². The van der Waals surface area contributed by atoms with E-state index in [9.17, 15) is 14.4 Å². The fraction of sp³-hybridized carbons (Fsp3) is 0.263. The van der Waals surface area contributed by atoms with Crippen molar-refractivity contribution >= 4 is 40.1 Å². The molecule has 1 heterocycles. The second kappa shape index (κ2) is 15.3. The number of carbonyl (C=O) groups is 2. The van der Waals surface area contributed by atoms with Crippen LogP contribution < -0.4 is 25.9 Å². The van der Waals surface area contributed by atoms with Gasteiger partial charge in [-0.3, -0.25) is 9.59 Å². The number of nitrogens with zero attached hydrogens (tertiary/aromatic N) is 3. The number of methoxy groups -OCH3 is 1. The summed E-state index contributed by atoms with van der Waals surface area (Å²) in [5.74, 6) is 0.498. The minimum atomic E-state index is -0.545. The molecule has 10 nitrogen and oxygen atoms in total. The van der Waals surface area contributed by atoms with Crippen LogP contribution in [-0.2, 0) is 35.5 Å². The van der Waals surface area contributed by atoms with E-state index in [4.69, 9.17) is 9.15 Å². The van der Waals surface area contributed by atoms with Crippen LogP contribution in [0.2, 0.25) is 0 Å². The van der Waals surface area contributed by atoms with Crippen LogP contribution >= 0.6 is 0 Å². The zero-order chi connectivity index (χ0) is 34.2. The second-order valence-corrected chi connectivity index (χ2v) is 11.9. The first-order chi connectivity index (χ1) is 23.1. The monoisotopic (exact) mass is 647 g/mol. The molecule has 0 spiro atoms. The highest BCUT2D eigenvalue weighted by Crippen LogP contribution is 2.28. The molecule has 0 bridgehead atoms. The van der Waals surface area contributed by atoms with Gasteiger partial charge in [0.25, 0.3) is 0 Å². The van der Waals surface area contributed by atoms with Crippen molar-refractivity contribution in [1.29, 1.82) is 0 Å². The van der Waals surface area contributed by atoms with Gasteiger partial charge >= 0.3 is 11.6 Å². The number of aryl methyl sites for hydroxylation is 2. The first-order valence-electron chi connectivity index (χ1n) is 15.8. The summed E-state index contributed by atoms with van der Waals surface area (Å²) in [6.45, 7) is 2.61. The zero-order valence-corrected chi connectivity index (χ0v) is 28.0. The Bertz CT molecular complexity index is 1960. The summed E-state index contributed by atoms with van der Waals surface area (Å²) in [6.07, 6.45) is 1.00. The van der Waals surface area contributed by atoms with Crippen LogP contribution in [0, 0.1) is 6.92 Å². The Labute approximate surface area is 280 Å². The fourth-order valence-electron chi connectivity index (χ4n) is 5.47. The maximum atomic E-state index is 13.3. The molecule has 0 fully saturated rings. The standard InChI is InChI=1S/C38H41N5O5/c1-25-29(23-39-34(44)21-26-11-16-30(17-12-26)42(2)3)14-19-32-36(25)37(46)48-38(40-32)41-33-22-31(47-5)18-13-28(33)15-20-35(45)43(4)24-27-9-7-6-8-10-27/h6-14,16-19,22H,15,20-21,23-24H2,1-5H3,(H,39,44)(H,40,41). The number of ether oxygens (including phenoxy) is 1. The largest absolute Gasteiger partial charge is 0.497 e. The predicted molar refractivity (Wildman–Crippen MR) is 189 cm³/mol. The molecule has 4 aromatic carbocycles. The molecule has 5 aromatic rings. The van der Waals surface area contributed by atoms with Crippen LogP contribution in [0.4, 0.5) is 17.4 Å². The molecule has 0 radical (unpaired) electrons. The van der Waals surface area contributed by atoms with E-state index in [0.29, 0.717) is 47.3 Å². The first kappa shape index (κ1) is 33.7. The smallest absolute Gasteiger partial charge is 0.348 e. The van der Waals surface area contributed by atoms with Gasteiger partial charge in [0.05, 0.1) is 24.4 Å². The Hall–Kier alpha value is -5.64. The summed E-state index contributed by atoms with van der Waals surface area (Å²) in [5.41, 5.74) is 5.91. The predicted octanol–water partition coefficient (Wildman–Crippen LogP) is 5.76. The number of benzene rings is 4. The van der Waals surface area contributed by atoms with E-state index in [-0.39, 0.29) is 30.8 Å². The van der Waals surface area contributed by atoms with Crippen LogP contribution in [0.25, 0.3) is 10.9 Å². The molecule has 0 atom stereocenters. The number of hydrogen-bond acceptors (Lipinski definition) is 8. The number of anilines is 3. The lowest BCUT2D eigenvalue weighted by Crippen LogP contribution is -2.26. The van der Waals surface area contributed by atoms with Crippen molar-refractivity contribution in [3.8, 4) is 5.75 Å². The first-order valence-corrected chi connectivity index (χ1v) is 15.8. The van der Waals surface area contributed by atoms with Gasteiger partial charge in [0, 0.05) is 58.1 Å². The lowest BCUT2D eigenvalue weighted by atomic mass is 10.0. The molecule has 0 saturated carbocycles. The van der Waals surface area contributed by atoms with Crippen LogP contribution in [0.3, 0.4) is 0 Å². The number of hydrogen-bond donors (Lipinski definition) is 2. The molecule has 1 aromatic heterocycles. The van der Waals surface area contributed by atoms with Crippen molar-refractivity contribution in [2.24, 2.45) is 0 Å². The van der Waals surface area contributed by atoms with Crippen molar-refractivity contribution in [3.05, 3.63) is 123 Å². The van der Waals surface area contributed by atoms with Gasteiger partial charge in [-0.15, -0.1) is 0 Å². The third kappa shape index (κ3) is 8.38. The van der Waals surface area contributed by atoms with Crippen molar-refractivity contribution in [2.75, 3.05) is 38.5 Å². The molecular formula is C38H41N5O5. The van der Waals surface area contributed by atoms with Crippen molar-refractivity contribution in [3.63, 3.8) is 0 Å². The Morgan fingerprint density at radius 3 is 2.33 bits per heavy atom. The van der Waals surface area contributed by atoms with Crippen LogP contribution in [0.15, 0.2) is 94.1 Å². The van der Waals surface area contributed by atoms with E-state index >= 15 is 0 Å². The summed E-state index contributed by atoms with van der Waals surface area (Å²) in [4.78, 5) is 47.2. The van der Waals surface area contributed by atoms with Gasteiger partial charge < -0.3 is 29.6 Å². The molecular weight excluding hydrogens is 606 g/mol. The highest BCUT2D eigenvalue weighted by atomic mass is 16.5. The minimum Gasteiger partial charge on any atom is -0.497 e. The molecule has 2 N–H and O–H groups in total. The molecule has 0 unspecified atom stereocenters. The zero-order valence-electron chi connectivity index (χ0n) is 28.0. The van der Waals surface area contributed by atoms with Gasteiger partial charge in [-0.05, 0) is 65.4 Å². The van der Waals surface area contributed by atoms with Crippen LogP contribution in [-0.4, -0.2) is 50.0 Å². The molecule has 48 heavy (non-hydrogen) atoms. The van der Waals surface area contributed by atoms with E-state index in [1.165, 1.54) is 0 Å². The molecule has 0 aliphatic carbocycles. The Morgan fingerprint density at radius 1 is 0.896 bits per heavy atom.